The molecule has 158 valence electrons. The quantitative estimate of drug-likeness (QED) is 0.596. The normalized spacial score (nSPS) is 15.8. The van der Waals surface area contributed by atoms with E-state index in [1.54, 1.807) is 7.11 Å². The summed E-state index contributed by atoms with van der Waals surface area (Å²) in [6, 6.07) is 16.3. The molecule has 6 heteroatoms. The molecule has 1 fully saturated rings. The lowest BCUT2D eigenvalue weighted by Crippen LogP contribution is -2.40. The molecule has 0 radical (unpaired) electrons. The number of nitrogens with one attached hydrogen (secondary N) is 2. The van der Waals surface area contributed by atoms with Crippen LogP contribution in [0.4, 0.5) is 0 Å². The predicted molar refractivity (Wildman–Crippen MR) is 119 cm³/mol. The molecular weight excluding hydrogens is 376 g/mol. The number of hydrogen-bond acceptors (Lipinski definition) is 4. The van der Waals surface area contributed by atoms with Crippen LogP contribution < -0.4 is 10.1 Å². The van der Waals surface area contributed by atoms with Crippen molar-refractivity contribution in [3.8, 4) is 5.75 Å². The molecule has 1 aliphatic rings. The van der Waals surface area contributed by atoms with Gasteiger partial charge in [0.25, 0.3) is 0 Å². The summed E-state index contributed by atoms with van der Waals surface area (Å²) >= 11 is 0. The van der Waals surface area contributed by atoms with Gasteiger partial charge in [0.2, 0.25) is 5.91 Å². The fraction of sp³-hybridized carbons (Fsp3) is 0.417. The maximum atomic E-state index is 12.6. The minimum atomic E-state index is 0.0611. The zero-order valence-corrected chi connectivity index (χ0v) is 17.6. The second-order valence-electron chi connectivity index (χ2n) is 7.89. The summed E-state index contributed by atoms with van der Waals surface area (Å²) in [7, 11) is 1.68. The molecule has 1 saturated heterocycles. The highest BCUT2D eigenvalue weighted by Crippen LogP contribution is 2.26. The van der Waals surface area contributed by atoms with E-state index in [1.165, 1.54) is 24.8 Å². The Hall–Kier alpha value is -2.86. The van der Waals surface area contributed by atoms with Crippen molar-refractivity contribution in [3.63, 3.8) is 0 Å². The van der Waals surface area contributed by atoms with E-state index in [1.807, 2.05) is 36.4 Å². The number of carbonyl (C=O) groups is 1. The van der Waals surface area contributed by atoms with Gasteiger partial charge in [0.15, 0.2) is 0 Å². The van der Waals surface area contributed by atoms with Gasteiger partial charge in [-0.3, -0.25) is 9.69 Å². The van der Waals surface area contributed by atoms with Crippen LogP contribution in [0.15, 0.2) is 48.5 Å². The molecule has 1 aliphatic heterocycles. The number of nitrogens with zero attached hydrogens (tertiary/aromatic N) is 2. The van der Waals surface area contributed by atoms with Gasteiger partial charge >= 0.3 is 0 Å². The van der Waals surface area contributed by atoms with E-state index in [4.69, 9.17) is 4.74 Å². The number of amides is 1. The first kappa shape index (κ1) is 20.4. The summed E-state index contributed by atoms with van der Waals surface area (Å²) < 4.78 is 5.30. The average Bonchev–Trinajstić information content (AvgIpc) is 3.22. The van der Waals surface area contributed by atoms with Crippen LogP contribution in [0.5, 0.6) is 5.75 Å². The van der Waals surface area contributed by atoms with Crippen molar-refractivity contribution in [2.45, 2.75) is 38.1 Å². The SMILES string of the molecule is COc1ccc(C(CNC(=O)CCc2nc3ccccc3[nH]2)N2CCCCC2)cc1. The highest BCUT2D eigenvalue weighted by atomic mass is 16.5. The largest absolute Gasteiger partial charge is 0.497 e. The first-order valence-corrected chi connectivity index (χ1v) is 10.8. The topological polar surface area (TPSA) is 70.2 Å². The number of para-hydroxylation sites is 2. The summed E-state index contributed by atoms with van der Waals surface area (Å²) in [5.41, 5.74) is 3.17. The summed E-state index contributed by atoms with van der Waals surface area (Å²) in [4.78, 5) is 22.9. The number of piperidine rings is 1. The lowest BCUT2D eigenvalue weighted by atomic mass is 10.0. The van der Waals surface area contributed by atoms with Gasteiger partial charge in [-0.15, -0.1) is 0 Å². The van der Waals surface area contributed by atoms with Crippen LogP contribution in [-0.4, -0.2) is 47.5 Å². The summed E-state index contributed by atoms with van der Waals surface area (Å²) in [5.74, 6) is 1.77. The van der Waals surface area contributed by atoms with E-state index in [0.29, 0.717) is 19.4 Å². The molecule has 1 aromatic heterocycles. The van der Waals surface area contributed by atoms with E-state index >= 15 is 0 Å². The third-order valence-electron chi connectivity index (χ3n) is 5.85. The summed E-state index contributed by atoms with van der Waals surface area (Å²) in [6.45, 7) is 2.77. The van der Waals surface area contributed by atoms with E-state index < -0.39 is 0 Å². The first-order chi connectivity index (χ1) is 14.7. The Balaban J connectivity index is 1.36. The zero-order chi connectivity index (χ0) is 20.8. The van der Waals surface area contributed by atoms with Gasteiger partial charge in [-0.2, -0.15) is 0 Å². The number of aromatic nitrogens is 2. The Kier molecular flexibility index (Phi) is 6.64. The number of benzene rings is 2. The van der Waals surface area contributed by atoms with Crippen molar-refractivity contribution in [2.75, 3.05) is 26.7 Å². The van der Waals surface area contributed by atoms with Crippen LogP contribution in [0, 0.1) is 0 Å². The molecule has 30 heavy (non-hydrogen) atoms. The van der Waals surface area contributed by atoms with Crippen LogP contribution >= 0.6 is 0 Å². The third-order valence-corrected chi connectivity index (χ3v) is 5.85. The van der Waals surface area contributed by atoms with Crippen LogP contribution in [0.3, 0.4) is 0 Å². The number of fused-ring (bicyclic) bond motifs is 1. The molecule has 2 aromatic carbocycles. The number of likely N-dealkylation sites (tertiary alicyclic amines) is 1. The molecule has 0 spiro atoms. The number of carbonyl (C=O) groups excluding carboxylic acids is 1. The average molecular weight is 407 g/mol. The van der Waals surface area contributed by atoms with Gasteiger partial charge in [-0.1, -0.05) is 30.7 Å². The van der Waals surface area contributed by atoms with Gasteiger partial charge in [0.1, 0.15) is 11.6 Å². The fourth-order valence-corrected chi connectivity index (χ4v) is 4.17. The Morgan fingerprint density at radius 1 is 1.13 bits per heavy atom. The Morgan fingerprint density at radius 2 is 1.90 bits per heavy atom. The number of H-pyrrole nitrogens is 1. The maximum absolute atomic E-state index is 12.6. The van der Waals surface area contributed by atoms with Gasteiger partial charge < -0.3 is 15.0 Å². The van der Waals surface area contributed by atoms with E-state index in [9.17, 15) is 4.79 Å². The van der Waals surface area contributed by atoms with Gasteiger partial charge in [-0.05, 0) is 55.8 Å². The van der Waals surface area contributed by atoms with Crippen molar-refractivity contribution in [3.05, 3.63) is 59.9 Å². The summed E-state index contributed by atoms with van der Waals surface area (Å²) in [6.07, 6.45) is 4.75. The van der Waals surface area contributed by atoms with Gasteiger partial charge in [0, 0.05) is 19.4 Å². The first-order valence-electron chi connectivity index (χ1n) is 10.8. The number of aryl methyl sites for hydroxylation is 1. The monoisotopic (exact) mass is 406 g/mol. The molecule has 4 rings (SSSR count). The van der Waals surface area contributed by atoms with Crippen LogP contribution in [0.25, 0.3) is 11.0 Å². The maximum Gasteiger partial charge on any atom is 0.220 e. The molecule has 2 heterocycles. The lowest BCUT2D eigenvalue weighted by Gasteiger charge is -2.35. The highest BCUT2D eigenvalue weighted by Gasteiger charge is 2.23. The second-order valence-corrected chi connectivity index (χ2v) is 7.89. The summed E-state index contributed by atoms with van der Waals surface area (Å²) in [5, 5.41) is 3.16. The molecular formula is C24H30N4O2. The van der Waals surface area contributed by atoms with Crippen molar-refractivity contribution >= 4 is 16.9 Å². The van der Waals surface area contributed by atoms with Crippen molar-refractivity contribution < 1.29 is 9.53 Å². The van der Waals surface area contributed by atoms with E-state index in [-0.39, 0.29) is 11.9 Å². The van der Waals surface area contributed by atoms with E-state index in [2.05, 4.69) is 32.3 Å². The number of aromatic amines is 1. The standard InChI is InChI=1S/C24H30N4O2/c1-30-19-11-9-18(10-12-19)22(28-15-5-2-6-16-28)17-25-24(29)14-13-23-26-20-7-3-4-8-21(20)27-23/h3-4,7-12,22H,2,5-6,13-17H2,1H3,(H,25,29)(H,26,27). The van der Waals surface area contributed by atoms with Crippen molar-refractivity contribution in [2.24, 2.45) is 0 Å². The molecule has 0 saturated carbocycles. The van der Waals surface area contributed by atoms with Gasteiger partial charge in [-0.25, -0.2) is 4.98 Å². The Morgan fingerprint density at radius 3 is 2.63 bits per heavy atom. The van der Waals surface area contributed by atoms with Crippen LogP contribution in [-0.2, 0) is 11.2 Å². The number of methoxy groups -OCH3 is 1. The third kappa shape index (κ3) is 5.00. The predicted octanol–water partition coefficient (Wildman–Crippen LogP) is 3.85. The molecule has 1 atom stereocenters. The van der Waals surface area contributed by atoms with Crippen LogP contribution in [0.2, 0.25) is 0 Å². The number of rotatable bonds is 8. The van der Waals surface area contributed by atoms with Crippen molar-refractivity contribution in [1.29, 1.82) is 0 Å². The second kappa shape index (κ2) is 9.76. The number of ether oxygens (including phenoxy) is 1. The minimum absolute atomic E-state index is 0.0611. The lowest BCUT2D eigenvalue weighted by molar-refractivity contribution is -0.121. The highest BCUT2D eigenvalue weighted by molar-refractivity contribution is 5.77. The number of hydrogen-bond donors (Lipinski definition) is 2. The molecule has 2 N–H and O–H groups in total. The zero-order valence-electron chi connectivity index (χ0n) is 17.6. The van der Waals surface area contributed by atoms with Crippen LogP contribution in [0.1, 0.15) is 43.1 Å². The Labute approximate surface area is 177 Å². The molecule has 3 aromatic rings. The number of imidazole rings is 1. The Bertz CT molecular complexity index is 928. The van der Waals surface area contributed by atoms with E-state index in [0.717, 1.165) is 35.7 Å². The molecule has 1 amide bonds. The van der Waals surface area contributed by atoms with Gasteiger partial charge in [0.05, 0.1) is 24.2 Å². The smallest absolute Gasteiger partial charge is 0.220 e. The minimum Gasteiger partial charge on any atom is -0.497 e. The van der Waals surface area contributed by atoms with Crippen molar-refractivity contribution in [1.82, 2.24) is 20.2 Å². The molecule has 6 nitrogen and oxygen atoms in total. The molecule has 1 unspecified atom stereocenters. The fourth-order valence-electron chi connectivity index (χ4n) is 4.17. The molecule has 0 aliphatic carbocycles. The molecule has 0 bridgehead atoms.